The topological polar surface area (TPSA) is 58.2 Å². The first-order valence-corrected chi connectivity index (χ1v) is 7.02. The monoisotopic (exact) mass is 325 g/mol. The Hall–Kier alpha value is -2.35. The molecule has 1 N–H and O–H groups in total. The van der Waals surface area contributed by atoms with Gasteiger partial charge < -0.3 is 14.6 Å². The average Bonchev–Trinajstić information content (AvgIpc) is 2.54. The van der Waals surface area contributed by atoms with Crippen LogP contribution in [0.4, 0.5) is 19.0 Å². The maximum absolute atomic E-state index is 13.1. The predicted octanol–water partition coefficient (Wildman–Crippen LogP) is 2.37. The summed E-state index contributed by atoms with van der Waals surface area (Å²) in [6, 6.07) is 6.69. The van der Waals surface area contributed by atoms with Gasteiger partial charge in [0.15, 0.2) is 0 Å². The summed E-state index contributed by atoms with van der Waals surface area (Å²) in [5.41, 5.74) is -0.922. The second-order valence-electron chi connectivity index (χ2n) is 5.16. The molecule has 1 aromatic heterocycles. The van der Waals surface area contributed by atoms with Crippen LogP contribution >= 0.6 is 0 Å². The summed E-state index contributed by atoms with van der Waals surface area (Å²) >= 11 is 0. The van der Waals surface area contributed by atoms with E-state index in [1.807, 2.05) is 0 Å². The van der Waals surface area contributed by atoms with Gasteiger partial charge in [-0.25, -0.2) is 4.98 Å². The van der Waals surface area contributed by atoms with Gasteiger partial charge in [-0.05, 0) is 11.6 Å². The summed E-state index contributed by atoms with van der Waals surface area (Å²) < 4.78 is 45.0. The highest BCUT2D eigenvalue weighted by Crippen LogP contribution is 2.36. The Labute approximate surface area is 129 Å². The van der Waals surface area contributed by atoms with Crippen LogP contribution in [0.5, 0.6) is 0 Å². The number of aromatic amines is 1. The van der Waals surface area contributed by atoms with Crippen molar-refractivity contribution in [2.45, 2.75) is 12.3 Å². The number of H-pyrrole nitrogens is 1. The van der Waals surface area contributed by atoms with Crippen molar-refractivity contribution in [2.24, 2.45) is 0 Å². The largest absolute Gasteiger partial charge is 0.416 e. The third kappa shape index (κ3) is 3.37. The smallest absolute Gasteiger partial charge is 0.370 e. The summed E-state index contributed by atoms with van der Waals surface area (Å²) in [6.07, 6.45) is -3.90. The van der Waals surface area contributed by atoms with E-state index in [-0.39, 0.29) is 24.3 Å². The number of hydrogen-bond donors (Lipinski definition) is 1. The van der Waals surface area contributed by atoms with Crippen LogP contribution in [0.3, 0.4) is 0 Å². The zero-order valence-electron chi connectivity index (χ0n) is 12.0. The lowest BCUT2D eigenvalue weighted by Gasteiger charge is -2.34. The molecule has 3 rings (SSSR count). The molecule has 0 aliphatic carbocycles. The van der Waals surface area contributed by atoms with E-state index in [2.05, 4.69) is 9.97 Å². The summed E-state index contributed by atoms with van der Waals surface area (Å²) in [7, 11) is 0. The fourth-order valence-corrected chi connectivity index (χ4v) is 2.61. The van der Waals surface area contributed by atoms with Crippen molar-refractivity contribution >= 4 is 5.82 Å². The van der Waals surface area contributed by atoms with Crippen molar-refractivity contribution in [2.75, 3.05) is 24.6 Å². The number of ether oxygens (including phenoxy) is 1. The molecule has 1 aromatic carbocycles. The Morgan fingerprint density at radius 3 is 2.83 bits per heavy atom. The van der Waals surface area contributed by atoms with Gasteiger partial charge in [0, 0.05) is 19.2 Å². The number of aromatic nitrogens is 2. The van der Waals surface area contributed by atoms with Gasteiger partial charge in [0.05, 0.1) is 18.5 Å². The fourth-order valence-electron chi connectivity index (χ4n) is 2.61. The minimum atomic E-state index is -4.44. The number of nitrogens with one attached hydrogen (secondary N) is 1. The summed E-state index contributed by atoms with van der Waals surface area (Å²) in [6.45, 7) is 0.913. The normalized spacial score (nSPS) is 18.9. The molecule has 5 nitrogen and oxygen atoms in total. The molecule has 1 atom stereocenters. The van der Waals surface area contributed by atoms with Crippen molar-refractivity contribution in [1.29, 1.82) is 0 Å². The van der Waals surface area contributed by atoms with Gasteiger partial charge in [-0.1, -0.05) is 18.2 Å². The fraction of sp³-hybridized carbons (Fsp3) is 0.333. The highest BCUT2D eigenvalue weighted by molar-refractivity contribution is 5.39. The number of halogens is 3. The first kappa shape index (κ1) is 15.5. The van der Waals surface area contributed by atoms with Crippen LogP contribution in [0.2, 0.25) is 0 Å². The van der Waals surface area contributed by atoms with E-state index in [1.54, 1.807) is 11.0 Å². The first-order valence-electron chi connectivity index (χ1n) is 7.02. The van der Waals surface area contributed by atoms with Crippen LogP contribution in [0.15, 0.2) is 41.5 Å². The van der Waals surface area contributed by atoms with Crippen LogP contribution in [-0.4, -0.2) is 29.7 Å². The molecule has 1 fully saturated rings. The third-order valence-corrected chi connectivity index (χ3v) is 3.67. The van der Waals surface area contributed by atoms with Crippen LogP contribution < -0.4 is 10.5 Å². The van der Waals surface area contributed by atoms with E-state index in [9.17, 15) is 18.0 Å². The number of hydrogen-bond acceptors (Lipinski definition) is 4. The molecule has 8 heteroatoms. The average molecular weight is 325 g/mol. The summed E-state index contributed by atoms with van der Waals surface area (Å²) in [4.78, 5) is 19.6. The molecule has 1 aliphatic rings. The Bertz CT molecular complexity index is 745. The number of rotatable bonds is 2. The molecule has 122 valence electrons. The lowest BCUT2D eigenvalue weighted by molar-refractivity contribution is -0.139. The van der Waals surface area contributed by atoms with Crippen molar-refractivity contribution < 1.29 is 17.9 Å². The highest BCUT2D eigenvalue weighted by atomic mass is 19.4. The van der Waals surface area contributed by atoms with E-state index < -0.39 is 17.8 Å². The molecular formula is C15H14F3N3O2. The quantitative estimate of drug-likeness (QED) is 0.921. The van der Waals surface area contributed by atoms with E-state index in [0.29, 0.717) is 12.4 Å². The number of nitrogens with zero attached hydrogens (tertiary/aromatic N) is 2. The van der Waals surface area contributed by atoms with Crippen LogP contribution in [0.25, 0.3) is 0 Å². The molecule has 1 unspecified atom stereocenters. The number of alkyl halides is 3. The standard InChI is InChI=1S/C15H14F3N3O2/c16-15(17,18)11-4-2-1-3-10(11)12-8-21(5-6-23-12)13-7-14(22)20-9-19-13/h1-4,7,9,12H,5-6,8H2,(H,19,20,22). The van der Waals surface area contributed by atoms with Crippen molar-refractivity contribution in [3.05, 3.63) is 58.1 Å². The minimum Gasteiger partial charge on any atom is -0.370 e. The van der Waals surface area contributed by atoms with Gasteiger partial charge in [0.2, 0.25) is 0 Å². The van der Waals surface area contributed by atoms with E-state index >= 15 is 0 Å². The molecule has 0 bridgehead atoms. The number of morpholine rings is 1. The molecule has 1 aliphatic heterocycles. The molecular weight excluding hydrogens is 311 g/mol. The zero-order valence-corrected chi connectivity index (χ0v) is 12.0. The van der Waals surface area contributed by atoms with Gasteiger partial charge in [-0.15, -0.1) is 0 Å². The van der Waals surface area contributed by atoms with Gasteiger partial charge >= 0.3 is 6.18 Å². The number of benzene rings is 1. The molecule has 1 saturated heterocycles. The van der Waals surface area contributed by atoms with Gasteiger partial charge in [0.25, 0.3) is 5.56 Å². The Kier molecular flexibility index (Phi) is 4.08. The van der Waals surface area contributed by atoms with Gasteiger partial charge in [-0.2, -0.15) is 13.2 Å². The maximum Gasteiger partial charge on any atom is 0.416 e. The maximum atomic E-state index is 13.1. The molecule has 0 spiro atoms. The first-order chi connectivity index (χ1) is 10.9. The van der Waals surface area contributed by atoms with Crippen LogP contribution in [0.1, 0.15) is 17.2 Å². The third-order valence-electron chi connectivity index (χ3n) is 3.67. The number of anilines is 1. The van der Waals surface area contributed by atoms with Crippen molar-refractivity contribution in [3.8, 4) is 0 Å². The highest BCUT2D eigenvalue weighted by Gasteiger charge is 2.36. The van der Waals surface area contributed by atoms with E-state index in [4.69, 9.17) is 4.74 Å². The Balaban J connectivity index is 1.89. The summed E-state index contributed by atoms with van der Waals surface area (Å²) in [5, 5.41) is 0. The minimum absolute atomic E-state index is 0.0922. The Morgan fingerprint density at radius 1 is 1.30 bits per heavy atom. The van der Waals surface area contributed by atoms with E-state index in [0.717, 1.165) is 6.07 Å². The van der Waals surface area contributed by atoms with Crippen molar-refractivity contribution in [1.82, 2.24) is 9.97 Å². The van der Waals surface area contributed by atoms with Gasteiger partial charge in [0.1, 0.15) is 11.9 Å². The molecule has 0 amide bonds. The molecule has 0 saturated carbocycles. The van der Waals surface area contributed by atoms with Gasteiger partial charge in [-0.3, -0.25) is 4.79 Å². The van der Waals surface area contributed by atoms with Crippen molar-refractivity contribution in [3.63, 3.8) is 0 Å². The molecule has 2 aromatic rings. The Morgan fingerprint density at radius 2 is 2.09 bits per heavy atom. The summed E-state index contributed by atoms with van der Waals surface area (Å²) in [5.74, 6) is 0.423. The second kappa shape index (κ2) is 6.04. The SMILES string of the molecule is O=c1cc(N2CCOC(c3ccccc3C(F)(F)F)C2)nc[nH]1. The van der Waals surface area contributed by atoms with Crippen LogP contribution in [-0.2, 0) is 10.9 Å². The second-order valence-corrected chi connectivity index (χ2v) is 5.16. The molecule has 2 heterocycles. The zero-order chi connectivity index (χ0) is 16.4. The van der Waals surface area contributed by atoms with Crippen LogP contribution in [0, 0.1) is 0 Å². The lowest BCUT2D eigenvalue weighted by Crippen LogP contribution is -2.39. The van der Waals surface area contributed by atoms with E-state index in [1.165, 1.54) is 24.5 Å². The predicted molar refractivity (Wildman–Crippen MR) is 77.2 cm³/mol. The molecule has 23 heavy (non-hydrogen) atoms. The molecule has 0 radical (unpaired) electrons. The lowest BCUT2D eigenvalue weighted by atomic mass is 10.0.